The summed E-state index contributed by atoms with van der Waals surface area (Å²) in [4.78, 5) is 13.6. The predicted molar refractivity (Wildman–Crippen MR) is 245 cm³/mol. The first kappa shape index (κ1) is 44.3. The zero-order valence-electron chi connectivity index (χ0n) is 38.3. The largest absolute Gasteiger partial charge is 0.507 e. The van der Waals surface area contributed by atoms with Crippen molar-refractivity contribution in [2.75, 3.05) is 6.61 Å². The number of hydrogen-bond donors (Lipinski definition) is 4. The molecule has 5 aromatic rings. The second-order valence-corrected chi connectivity index (χ2v) is 21.2. The summed E-state index contributed by atoms with van der Waals surface area (Å²) in [6.07, 6.45) is 1.27. The van der Waals surface area contributed by atoms with Gasteiger partial charge in [-0.15, -0.1) is 0 Å². The molecule has 6 heteroatoms. The third kappa shape index (κ3) is 9.86. The maximum atomic E-state index is 13.6. The van der Waals surface area contributed by atoms with Gasteiger partial charge in [0.1, 0.15) is 23.0 Å². The van der Waals surface area contributed by atoms with E-state index in [9.17, 15) is 20.1 Å². The number of amides is 1. The molecule has 0 fully saturated rings. The Morgan fingerprint density at radius 3 is 1.10 bits per heavy atom. The van der Waals surface area contributed by atoms with Crippen molar-refractivity contribution >= 4 is 5.91 Å². The van der Waals surface area contributed by atoms with Gasteiger partial charge in [0.2, 0.25) is 0 Å². The molecule has 0 spiro atoms. The lowest BCUT2D eigenvalue weighted by molar-refractivity contribution is -0.123. The van der Waals surface area contributed by atoms with Gasteiger partial charge in [-0.3, -0.25) is 4.79 Å². The quantitative estimate of drug-likeness (QED) is 0.139. The van der Waals surface area contributed by atoms with Crippen LogP contribution in [0.5, 0.6) is 23.0 Å². The number of carbonyl (C=O) groups is 1. The predicted octanol–water partition coefficient (Wildman–Crippen LogP) is 11.9. The number of fused-ring (bicyclic) bond motifs is 8. The van der Waals surface area contributed by atoms with Gasteiger partial charge < -0.3 is 25.4 Å². The van der Waals surface area contributed by atoms with Crippen LogP contribution in [0.4, 0.5) is 0 Å². The lowest BCUT2D eigenvalue weighted by atomic mass is 9.79. The molecule has 0 unspecified atom stereocenters. The number of aromatic hydroxyl groups is 3. The highest BCUT2D eigenvalue weighted by atomic mass is 16.5. The highest BCUT2D eigenvalue weighted by Gasteiger charge is 2.28. The number of benzene rings is 5. The summed E-state index contributed by atoms with van der Waals surface area (Å²) in [6.45, 7) is 27.8. The van der Waals surface area contributed by atoms with Crippen LogP contribution in [0.2, 0.25) is 0 Å². The van der Waals surface area contributed by atoms with E-state index < -0.39 is 0 Å². The van der Waals surface area contributed by atoms with Crippen molar-refractivity contribution in [1.29, 1.82) is 0 Å². The van der Waals surface area contributed by atoms with Crippen LogP contribution in [0.15, 0.2) is 78.9 Å². The fourth-order valence-corrected chi connectivity index (χ4v) is 8.09. The number of ether oxygens (including phenoxy) is 1. The maximum absolute atomic E-state index is 13.6. The zero-order valence-corrected chi connectivity index (χ0v) is 38.3. The van der Waals surface area contributed by atoms with Gasteiger partial charge >= 0.3 is 0 Å². The lowest BCUT2D eigenvalue weighted by Crippen LogP contribution is -2.31. The van der Waals surface area contributed by atoms with Crippen LogP contribution in [-0.4, -0.2) is 27.8 Å². The van der Waals surface area contributed by atoms with E-state index in [0.29, 0.717) is 31.4 Å². The second kappa shape index (κ2) is 16.3. The van der Waals surface area contributed by atoms with Crippen molar-refractivity contribution in [2.24, 2.45) is 0 Å². The van der Waals surface area contributed by atoms with Crippen LogP contribution in [0.3, 0.4) is 0 Å². The molecule has 5 aromatic carbocycles. The number of nitrogens with one attached hydrogen (secondary N) is 1. The summed E-state index contributed by atoms with van der Waals surface area (Å²) in [6, 6.07) is 26.4. The summed E-state index contributed by atoms with van der Waals surface area (Å²) in [5, 5.41) is 39.8. The van der Waals surface area contributed by atoms with Gasteiger partial charge in [-0.05, 0) is 101 Å². The van der Waals surface area contributed by atoms with Crippen LogP contribution in [0, 0.1) is 0 Å². The Bertz CT molecular complexity index is 2280. The normalized spacial score (nSPS) is 14.1. The molecule has 8 bridgehead atoms. The fourth-order valence-electron chi connectivity index (χ4n) is 8.09. The Hall–Kier alpha value is -5.23. The molecule has 1 amide bonds. The van der Waals surface area contributed by atoms with Crippen LogP contribution in [-0.2, 0) is 52.1 Å². The van der Waals surface area contributed by atoms with Gasteiger partial charge in [0.15, 0.2) is 6.61 Å². The van der Waals surface area contributed by atoms with Crippen LogP contribution < -0.4 is 10.1 Å². The van der Waals surface area contributed by atoms with E-state index in [1.165, 1.54) is 0 Å². The Morgan fingerprint density at radius 2 is 0.800 bits per heavy atom. The SMILES string of the molecule is C[C@@H](NC(=O)COc1c2cc(C(C)(C)C)cc1Cc1cc(C(C)(C)C)cc(c1O)Cc1cc(C(C)(C)C)cc(c1O)Cc1cc(C(C)(C)C)cc(c1O)C2)c1ccccc1. The number of carbonyl (C=O) groups excluding carboxylic acids is 1. The first-order chi connectivity index (χ1) is 27.8. The van der Waals surface area contributed by atoms with Gasteiger partial charge in [-0.25, -0.2) is 0 Å². The van der Waals surface area contributed by atoms with Crippen molar-refractivity contribution in [3.05, 3.63) is 151 Å². The fraction of sp³-hybridized carbons (Fsp3) is 0.426. The van der Waals surface area contributed by atoms with Crippen LogP contribution in [0.1, 0.15) is 168 Å². The van der Waals surface area contributed by atoms with Crippen molar-refractivity contribution in [3.63, 3.8) is 0 Å². The van der Waals surface area contributed by atoms with Crippen molar-refractivity contribution in [2.45, 2.75) is 143 Å². The molecule has 60 heavy (non-hydrogen) atoms. The molecule has 4 N–H and O–H groups in total. The highest BCUT2D eigenvalue weighted by molar-refractivity contribution is 5.78. The first-order valence-corrected chi connectivity index (χ1v) is 21.5. The van der Waals surface area contributed by atoms with Gasteiger partial charge in [0.25, 0.3) is 5.91 Å². The second-order valence-electron chi connectivity index (χ2n) is 21.2. The Balaban J connectivity index is 1.62. The molecule has 6 rings (SSSR count). The summed E-state index contributed by atoms with van der Waals surface area (Å²) in [5.41, 5.74) is 10.4. The highest BCUT2D eigenvalue weighted by Crippen LogP contribution is 2.43. The Kier molecular flexibility index (Phi) is 12.1. The molecule has 1 atom stereocenters. The minimum absolute atomic E-state index is 0.176. The van der Waals surface area contributed by atoms with E-state index in [1.54, 1.807) is 0 Å². The molecule has 0 aliphatic heterocycles. The number of hydrogen-bond acceptors (Lipinski definition) is 5. The van der Waals surface area contributed by atoms with E-state index in [1.807, 2.05) is 37.3 Å². The van der Waals surface area contributed by atoms with Crippen molar-refractivity contribution in [3.8, 4) is 23.0 Å². The summed E-state index contributed by atoms with van der Waals surface area (Å²) in [7, 11) is 0. The average Bonchev–Trinajstić information content (AvgIpc) is 3.13. The van der Waals surface area contributed by atoms with E-state index in [2.05, 4.69) is 137 Å². The number of phenols is 3. The summed E-state index contributed by atoms with van der Waals surface area (Å²) in [5.74, 6) is 0.853. The summed E-state index contributed by atoms with van der Waals surface area (Å²) >= 11 is 0. The molecule has 1 aliphatic rings. The maximum Gasteiger partial charge on any atom is 0.258 e. The Morgan fingerprint density at radius 1 is 0.517 bits per heavy atom. The van der Waals surface area contributed by atoms with E-state index in [-0.39, 0.29) is 57.5 Å². The molecular formula is C54H67NO5. The summed E-state index contributed by atoms with van der Waals surface area (Å²) < 4.78 is 6.68. The minimum Gasteiger partial charge on any atom is -0.507 e. The average molecular weight is 810 g/mol. The minimum atomic E-state index is -0.253. The van der Waals surface area contributed by atoms with E-state index in [0.717, 1.165) is 72.3 Å². The number of rotatable bonds is 5. The Labute approximate surface area is 359 Å². The zero-order chi connectivity index (χ0) is 44.1. The third-order valence-corrected chi connectivity index (χ3v) is 12.1. The van der Waals surface area contributed by atoms with Gasteiger partial charge in [-0.1, -0.05) is 162 Å². The lowest BCUT2D eigenvalue weighted by Gasteiger charge is -2.27. The molecule has 0 heterocycles. The van der Waals surface area contributed by atoms with E-state index in [4.69, 9.17) is 4.74 Å². The smallest absolute Gasteiger partial charge is 0.258 e. The van der Waals surface area contributed by atoms with Crippen LogP contribution >= 0.6 is 0 Å². The molecular weight excluding hydrogens is 743 g/mol. The molecule has 1 aliphatic carbocycles. The monoisotopic (exact) mass is 810 g/mol. The molecule has 0 radical (unpaired) electrons. The van der Waals surface area contributed by atoms with Gasteiger partial charge in [-0.2, -0.15) is 0 Å². The molecule has 6 nitrogen and oxygen atoms in total. The number of phenolic OH excluding ortho intramolecular Hbond substituents is 3. The molecule has 0 saturated heterocycles. The van der Waals surface area contributed by atoms with E-state index >= 15 is 0 Å². The van der Waals surface area contributed by atoms with Crippen LogP contribution in [0.25, 0.3) is 0 Å². The van der Waals surface area contributed by atoms with Crippen molar-refractivity contribution in [1.82, 2.24) is 5.32 Å². The third-order valence-electron chi connectivity index (χ3n) is 12.1. The molecule has 0 saturated carbocycles. The molecule has 318 valence electrons. The standard InChI is InChI=1S/C54H67NO5/c1-32(33-17-15-14-16-18-33)55-46(56)31-60-50-40-21-38-27-43(52(5,6)7)25-36(48(38)58)19-34-23-42(51(2,3)4)24-35(47(34)57)20-37-26-44(53(8,9)10)28-39(49(37)59)22-41(50)30-45(29-40)54(11,12)13/h14-18,23-30,32,57-59H,19-22,31H2,1-13H3,(H,55,56)/t32-/m1/s1. The van der Waals surface area contributed by atoms with Gasteiger partial charge in [0, 0.05) is 25.7 Å². The topological polar surface area (TPSA) is 99.0 Å². The van der Waals surface area contributed by atoms with Crippen molar-refractivity contribution < 1.29 is 24.9 Å². The van der Waals surface area contributed by atoms with Gasteiger partial charge in [0.05, 0.1) is 6.04 Å². The molecule has 0 aromatic heterocycles. The first-order valence-electron chi connectivity index (χ1n) is 21.5.